The quantitative estimate of drug-likeness (QED) is 0.479. The number of aromatic nitrogens is 1. The molecule has 0 fully saturated rings. The predicted molar refractivity (Wildman–Crippen MR) is 118 cm³/mol. The van der Waals surface area contributed by atoms with E-state index in [0.29, 0.717) is 11.3 Å². The van der Waals surface area contributed by atoms with Gasteiger partial charge in [-0.1, -0.05) is 42.5 Å². The molecule has 4 rings (SSSR count). The first kappa shape index (κ1) is 20.1. The van der Waals surface area contributed by atoms with Crippen molar-refractivity contribution in [3.8, 4) is 0 Å². The fourth-order valence-corrected chi connectivity index (χ4v) is 3.22. The summed E-state index contributed by atoms with van der Waals surface area (Å²) in [6.45, 7) is 1.86. The van der Waals surface area contributed by atoms with Crippen LogP contribution in [0.5, 0.6) is 0 Å². The summed E-state index contributed by atoms with van der Waals surface area (Å²) < 4.78 is 5.14. The summed E-state index contributed by atoms with van der Waals surface area (Å²) in [6.07, 6.45) is 3.14. The predicted octanol–water partition coefficient (Wildman–Crippen LogP) is 4.75. The van der Waals surface area contributed by atoms with Crippen molar-refractivity contribution in [2.75, 3.05) is 5.32 Å². The van der Waals surface area contributed by atoms with Gasteiger partial charge in [0.15, 0.2) is 5.76 Å². The van der Waals surface area contributed by atoms with Crippen molar-refractivity contribution in [3.63, 3.8) is 0 Å². The van der Waals surface area contributed by atoms with E-state index in [0.717, 1.165) is 16.8 Å². The number of benzene rings is 2. The Balaban J connectivity index is 1.59. The second-order valence-electron chi connectivity index (χ2n) is 7.03. The highest BCUT2D eigenvalue weighted by molar-refractivity contribution is 6.04. The van der Waals surface area contributed by atoms with Gasteiger partial charge in [-0.25, -0.2) is 0 Å². The molecule has 2 aromatic heterocycles. The number of hydrogen-bond donors (Lipinski definition) is 2. The lowest BCUT2D eigenvalue weighted by Gasteiger charge is -2.19. The van der Waals surface area contributed by atoms with Gasteiger partial charge in [0.05, 0.1) is 18.0 Å². The van der Waals surface area contributed by atoms with Gasteiger partial charge >= 0.3 is 0 Å². The maximum atomic E-state index is 13.1. The standard InChI is InChI=1S/C25H21N3O3/c1-17-12-13-19(16-21(17)27-25(30)22-11-7-15-31-22)24(29)28-23(18-8-3-2-4-9-18)20-10-5-6-14-26-20/h2-16,23H,1H3,(H,27,30)(H,28,29). The van der Waals surface area contributed by atoms with E-state index in [2.05, 4.69) is 15.6 Å². The molecule has 0 saturated carbocycles. The van der Waals surface area contributed by atoms with Crippen LogP contribution in [0, 0.1) is 6.92 Å². The summed E-state index contributed by atoms with van der Waals surface area (Å²) >= 11 is 0. The Labute approximate surface area is 179 Å². The molecule has 0 aliphatic heterocycles. The summed E-state index contributed by atoms with van der Waals surface area (Å²) in [6, 6.07) is 23.3. The number of rotatable bonds is 6. The fourth-order valence-electron chi connectivity index (χ4n) is 3.22. The number of nitrogens with one attached hydrogen (secondary N) is 2. The summed E-state index contributed by atoms with van der Waals surface area (Å²) in [5, 5.41) is 5.86. The highest BCUT2D eigenvalue weighted by atomic mass is 16.3. The number of carbonyl (C=O) groups excluding carboxylic acids is 2. The maximum absolute atomic E-state index is 13.1. The van der Waals surface area contributed by atoms with Crippen LogP contribution in [0.2, 0.25) is 0 Å². The molecule has 0 aliphatic carbocycles. The van der Waals surface area contributed by atoms with E-state index in [4.69, 9.17) is 4.42 Å². The lowest BCUT2D eigenvalue weighted by Crippen LogP contribution is -2.30. The number of pyridine rings is 1. The molecule has 6 heteroatoms. The van der Waals surface area contributed by atoms with Crippen molar-refractivity contribution in [1.29, 1.82) is 0 Å². The number of amides is 2. The average Bonchev–Trinajstić information content (AvgIpc) is 3.35. The molecule has 2 amide bonds. The number of anilines is 1. The van der Waals surface area contributed by atoms with Crippen LogP contribution in [0.1, 0.15) is 43.8 Å². The first-order valence-corrected chi connectivity index (χ1v) is 9.84. The van der Waals surface area contributed by atoms with Gasteiger partial charge in [0.2, 0.25) is 0 Å². The van der Waals surface area contributed by atoms with E-state index >= 15 is 0 Å². The molecule has 0 bridgehead atoms. The number of aryl methyl sites for hydroxylation is 1. The third-order valence-electron chi connectivity index (χ3n) is 4.88. The highest BCUT2D eigenvalue weighted by Crippen LogP contribution is 2.22. The molecule has 1 atom stereocenters. The normalized spacial score (nSPS) is 11.5. The molecule has 0 saturated heterocycles. The molecule has 0 aliphatic rings. The first-order chi connectivity index (χ1) is 15.1. The van der Waals surface area contributed by atoms with Crippen LogP contribution in [0.25, 0.3) is 0 Å². The Kier molecular flexibility index (Phi) is 5.89. The molecule has 2 N–H and O–H groups in total. The van der Waals surface area contributed by atoms with Crippen molar-refractivity contribution in [1.82, 2.24) is 10.3 Å². The van der Waals surface area contributed by atoms with Gasteiger partial charge in [-0.15, -0.1) is 0 Å². The zero-order valence-electron chi connectivity index (χ0n) is 16.9. The zero-order valence-corrected chi connectivity index (χ0v) is 16.9. The lowest BCUT2D eigenvalue weighted by atomic mass is 10.0. The second-order valence-corrected chi connectivity index (χ2v) is 7.03. The molecule has 6 nitrogen and oxygen atoms in total. The summed E-state index contributed by atoms with van der Waals surface area (Å²) in [5.74, 6) is -0.442. The van der Waals surface area contributed by atoms with E-state index in [1.165, 1.54) is 6.26 Å². The van der Waals surface area contributed by atoms with E-state index in [9.17, 15) is 9.59 Å². The van der Waals surface area contributed by atoms with E-state index in [-0.39, 0.29) is 17.6 Å². The van der Waals surface area contributed by atoms with Crippen molar-refractivity contribution in [2.45, 2.75) is 13.0 Å². The Hall–Kier alpha value is -4.19. The number of furan rings is 1. The van der Waals surface area contributed by atoms with Crippen LogP contribution in [0.3, 0.4) is 0 Å². The minimum absolute atomic E-state index is 0.202. The van der Waals surface area contributed by atoms with Gasteiger partial charge in [-0.05, 0) is 54.4 Å². The molecule has 2 aromatic carbocycles. The van der Waals surface area contributed by atoms with Gasteiger partial charge in [0, 0.05) is 17.4 Å². The molecule has 31 heavy (non-hydrogen) atoms. The van der Waals surface area contributed by atoms with Gasteiger partial charge in [0.1, 0.15) is 0 Å². The van der Waals surface area contributed by atoms with Gasteiger partial charge < -0.3 is 15.1 Å². The molecule has 4 aromatic rings. The zero-order chi connectivity index (χ0) is 21.6. The van der Waals surface area contributed by atoms with Gasteiger partial charge in [-0.2, -0.15) is 0 Å². The molecule has 154 valence electrons. The van der Waals surface area contributed by atoms with Crippen LogP contribution < -0.4 is 10.6 Å². The highest BCUT2D eigenvalue weighted by Gasteiger charge is 2.20. The van der Waals surface area contributed by atoms with Crippen molar-refractivity contribution in [3.05, 3.63) is 119 Å². The molecule has 0 spiro atoms. The van der Waals surface area contributed by atoms with Gasteiger partial charge in [-0.3, -0.25) is 14.6 Å². The van der Waals surface area contributed by atoms with E-state index < -0.39 is 6.04 Å². The lowest BCUT2D eigenvalue weighted by molar-refractivity contribution is 0.0940. The third kappa shape index (κ3) is 4.70. The van der Waals surface area contributed by atoms with Crippen LogP contribution in [0.4, 0.5) is 5.69 Å². The van der Waals surface area contributed by atoms with Crippen molar-refractivity contribution >= 4 is 17.5 Å². The summed E-state index contributed by atoms with van der Waals surface area (Å²) in [5.41, 5.74) is 3.47. The van der Waals surface area contributed by atoms with Crippen molar-refractivity contribution in [2.24, 2.45) is 0 Å². The Bertz CT molecular complexity index is 1130. The number of nitrogens with zero attached hydrogens (tertiary/aromatic N) is 1. The SMILES string of the molecule is Cc1ccc(C(=O)NC(c2ccccc2)c2ccccn2)cc1NC(=O)c1ccco1. The molecular weight excluding hydrogens is 390 g/mol. The largest absolute Gasteiger partial charge is 0.459 e. The first-order valence-electron chi connectivity index (χ1n) is 9.84. The van der Waals surface area contributed by atoms with E-state index in [1.807, 2.05) is 55.5 Å². The smallest absolute Gasteiger partial charge is 0.291 e. The summed E-state index contributed by atoms with van der Waals surface area (Å²) in [4.78, 5) is 29.9. The van der Waals surface area contributed by atoms with E-state index in [1.54, 1.807) is 36.5 Å². The Morgan fingerprint density at radius 2 is 1.71 bits per heavy atom. The monoisotopic (exact) mass is 411 g/mol. The Morgan fingerprint density at radius 1 is 0.903 bits per heavy atom. The molecule has 1 unspecified atom stereocenters. The van der Waals surface area contributed by atoms with Crippen molar-refractivity contribution < 1.29 is 14.0 Å². The number of hydrogen-bond acceptors (Lipinski definition) is 4. The van der Waals surface area contributed by atoms with Crippen LogP contribution in [0.15, 0.2) is 95.7 Å². The minimum atomic E-state index is -0.405. The topological polar surface area (TPSA) is 84.2 Å². The van der Waals surface area contributed by atoms with Gasteiger partial charge in [0.25, 0.3) is 11.8 Å². The molecular formula is C25H21N3O3. The summed E-state index contributed by atoms with van der Waals surface area (Å²) in [7, 11) is 0. The third-order valence-corrected chi connectivity index (χ3v) is 4.88. The van der Waals surface area contributed by atoms with Crippen LogP contribution in [-0.2, 0) is 0 Å². The Morgan fingerprint density at radius 3 is 2.42 bits per heavy atom. The number of carbonyl (C=O) groups is 2. The average molecular weight is 411 g/mol. The molecule has 0 radical (unpaired) electrons. The molecule has 2 heterocycles. The van der Waals surface area contributed by atoms with Crippen LogP contribution >= 0.6 is 0 Å². The minimum Gasteiger partial charge on any atom is -0.459 e. The maximum Gasteiger partial charge on any atom is 0.291 e. The second kappa shape index (κ2) is 9.09. The van der Waals surface area contributed by atoms with Crippen LogP contribution in [-0.4, -0.2) is 16.8 Å². The fraction of sp³-hybridized carbons (Fsp3) is 0.0800.